The number of hydrogen-bond donors (Lipinski definition) is 0. The van der Waals surface area contributed by atoms with Crippen molar-refractivity contribution in [2.45, 2.75) is 45.1 Å². The van der Waals surface area contributed by atoms with Crippen molar-refractivity contribution in [1.82, 2.24) is 14.7 Å². The lowest BCUT2D eigenvalue weighted by Crippen LogP contribution is -2.32. The molecule has 3 atom stereocenters. The molecule has 0 radical (unpaired) electrons. The number of carbonyl (C=O) groups excluding carboxylic acids is 1. The third-order valence-electron chi connectivity index (χ3n) is 5.82. The molecule has 1 aromatic carbocycles. The first-order valence-corrected chi connectivity index (χ1v) is 9.03. The van der Waals surface area contributed by atoms with Gasteiger partial charge in [0.05, 0.1) is 11.7 Å². The summed E-state index contributed by atoms with van der Waals surface area (Å²) < 4.78 is 15.4. The molecule has 2 aliphatic rings. The van der Waals surface area contributed by atoms with Gasteiger partial charge in [0, 0.05) is 30.8 Å². The van der Waals surface area contributed by atoms with Gasteiger partial charge in [-0.05, 0) is 56.7 Å². The van der Waals surface area contributed by atoms with E-state index in [1.54, 1.807) is 12.1 Å². The largest absolute Gasteiger partial charge is 0.335 e. The van der Waals surface area contributed by atoms with Gasteiger partial charge < -0.3 is 4.90 Å². The standard InChI is InChI=1S/C20H24FN3O/c1-12-19(13(2)23(3)22-12)18-8-5-9-24(18)20(25)17-11-16(17)14-6-4-7-15(21)10-14/h4,6-7,10,16-18H,5,8-9,11H2,1-3H3. The molecule has 2 heterocycles. The van der Waals surface area contributed by atoms with E-state index in [2.05, 4.69) is 12.0 Å². The van der Waals surface area contributed by atoms with Crippen molar-refractivity contribution < 1.29 is 9.18 Å². The average Bonchev–Trinajstić information content (AvgIpc) is 3.17. The molecule has 1 amide bonds. The Balaban J connectivity index is 1.54. The minimum Gasteiger partial charge on any atom is -0.335 e. The molecule has 25 heavy (non-hydrogen) atoms. The summed E-state index contributed by atoms with van der Waals surface area (Å²) in [6.07, 6.45) is 2.86. The molecule has 1 aromatic heterocycles. The zero-order valence-corrected chi connectivity index (χ0v) is 15.0. The molecule has 4 nitrogen and oxygen atoms in total. The fourth-order valence-electron chi connectivity index (χ4n) is 4.39. The summed E-state index contributed by atoms with van der Waals surface area (Å²) in [4.78, 5) is 15.1. The number of likely N-dealkylation sites (tertiary alicyclic amines) is 1. The van der Waals surface area contributed by atoms with E-state index in [9.17, 15) is 9.18 Å². The van der Waals surface area contributed by atoms with Crippen LogP contribution in [-0.4, -0.2) is 27.1 Å². The smallest absolute Gasteiger partial charge is 0.226 e. The van der Waals surface area contributed by atoms with Crippen LogP contribution in [0.25, 0.3) is 0 Å². The summed E-state index contributed by atoms with van der Waals surface area (Å²) in [5, 5.41) is 4.52. The Kier molecular flexibility index (Phi) is 3.89. The van der Waals surface area contributed by atoms with Gasteiger partial charge in [0.1, 0.15) is 5.82 Å². The van der Waals surface area contributed by atoms with Crippen molar-refractivity contribution in [3.8, 4) is 0 Å². The van der Waals surface area contributed by atoms with E-state index in [4.69, 9.17) is 0 Å². The Morgan fingerprint density at radius 2 is 2.12 bits per heavy atom. The van der Waals surface area contributed by atoms with Crippen LogP contribution in [0.3, 0.4) is 0 Å². The monoisotopic (exact) mass is 341 g/mol. The number of carbonyl (C=O) groups is 1. The summed E-state index contributed by atoms with van der Waals surface area (Å²) in [7, 11) is 1.95. The number of aromatic nitrogens is 2. The Morgan fingerprint density at radius 1 is 1.32 bits per heavy atom. The van der Waals surface area contributed by atoms with Crippen LogP contribution in [0.15, 0.2) is 24.3 Å². The molecule has 4 rings (SSSR count). The lowest BCUT2D eigenvalue weighted by Gasteiger charge is -2.25. The van der Waals surface area contributed by atoms with Gasteiger partial charge in [0.2, 0.25) is 5.91 Å². The number of hydrogen-bond acceptors (Lipinski definition) is 2. The lowest BCUT2D eigenvalue weighted by molar-refractivity contribution is -0.133. The molecule has 1 saturated carbocycles. The Hall–Kier alpha value is -2.17. The van der Waals surface area contributed by atoms with Crippen LogP contribution in [0.2, 0.25) is 0 Å². The second-order valence-corrected chi connectivity index (χ2v) is 7.40. The van der Waals surface area contributed by atoms with Crippen molar-refractivity contribution in [3.05, 3.63) is 52.6 Å². The number of nitrogens with zero attached hydrogens (tertiary/aromatic N) is 3. The zero-order chi connectivity index (χ0) is 17.7. The fraction of sp³-hybridized carbons (Fsp3) is 0.500. The first-order valence-electron chi connectivity index (χ1n) is 9.03. The molecule has 2 aromatic rings. The maximum Gasteiger partial charge on any atom is 0.226 e. The molecule has 1 aliphatic heterocycles. The molecular formula is C20H24FN3O. The van der Waals surface area contributed by atoms with Gasteiger partial charge in [0.25, 0.3) is 0 Å². The van der Waals surface area contributed by atoms with E-state index in [1.165, 1.54) is 11.6 Å². The second-order valence-electron chi connectivity index (χ2n) is 7.40. The average molecular weight is 341 g/mol. The van der Waals surface area contributed by atoms with Gasteiger partial charge in [-0.2, -0.15) is 5.10 Å². The fourth-order valence-corrected chi connectivity index (χ4v) is 4.39. The molecular weight excluding hydrogens is 317 g/mol. The van der Waals surface area contributed by atoms with Crippen molar-refractivity contribution in [2.24, 2.45) is 13.0 Å². The molecule has 1 saturated heterocycles. The molecule has 5 heteroatoms. The number of aryl methyl sites for hydroxylation is 2. The number of amides is 1. The van der Waals surface area contributed by atoms with E-state index in [0.29, 0.717) is 0 Å². The summed E-state index contributed by atoms with van der Waals surface area (Å²) in [5.74, 6) is 0.163. The van der Waals surface area contributed by atoms with E-state index in [-0.39, 0.29) is 29.6 Å². The van der Waals surface area contributed by atoms with Crippen LogP contribution in [0.4, 0.5) is 4.39 Å². The maximum atomic E-state index is 13.5. The molecule has 0 spiro atoms. The number of benzene rings is 1. The first kappa shape index (κ1) is 16.3. The SMILES string of the molecule is Cc1nn(C)c(C)c1C1CCCN1C(=O)C1CC1c1cccc(F)c1. The minimum absolute atomic E-state index is 0.000293. The topological polar surface area (TPSA) is 38.1 Å². The highest BCUT2D eigenvalue weighted by atomic mass is 19.1. The molecule has 0 N–H and O–H groups in total. The van der Waals surface area contributed by atoms with Gasteiger partial charge in [-0.25, -0.2) is 4.39 Å². The summed E-state index contributed by atoms with van der Waals surface area (Å²) >= 11 is 0. The van der Waals surface area contributed by atoms with Gasteiger partial charge in [0.15, 0.2) is 0 Å². The highest BCUT2D eigenvalue weighted by molar-refractivity contribution is 5.83. The third kappa shape index (κ3) is 2.75. The summed E-state index contributed by atoms with van der Waals surface area (Å²) in [6.45, 7) is 4.91. The van der Waals surface area contributed by atoms with E-state index in [0.717, 1.165) is 42.8 Å². The van der Waals surface area contributed by atoms with E-state index < -0.39 is 0 Å². The van der Waals surface area contributed by atoms with Crippen LogP contribution >= 0.6 is 0 Å². The predicted octanol–water partition coefficient (Wildman–Crippen LogP) is 3.64. The third-order valence-corrected chi connectivity index (χ3v) is 5.82. The summed E-state index contributed by atoms with van der Waals surface area (Å²) in [5.41, 5.74) is 4.31. The summed E-state index contributed by atoms with van der Waals surface area (Å²) in [6, 6.07) is 6.81. The molecule has 2 fully saturated rings. The molecule has 0 bridgehead atoms. The van der Waals surface area contributed by atoms with Crippen LogP contribution in [0, 0.1) is 25.6 Å². The van der Waals surface area contributed by atoms with Crippen molar-refractivity contribution in [3.63, 3.8) is 0 Å². The zero-order valence-electron chi connectivity index (χ0n) is 15.0. The predicted molar refractivity (Wildman–Crippen MR) is 93.6 cm³/mol. The normalized spacial score (nSPS) is 25.4. The minimum atomic E-state index is -0.226. The van der Waals surface area contributed by atoms with Crippen LogP contribution in [0.1, 0.15) is 53.7 Å². The number of halogens is 1. The molecule has 1 aliphatic carbocycles. The van der Waals surface area contributed by atoms with Gasteiger partial charge in [-0.15, -0.1) is 0 Å². The first-order chi connectivity index (χ1) is 12.0. The van der Waals surface area contributed by atoms with Crippen LogP contribution < -0.4 is 0 Å². The van der Waals surface area contributed by atoms with Crippen LogP contribution in [0.5, 0.6) is 0 Å². The maximum absolute atomic E-state index is 13.5. The van der Waals surface area contributed by atoms with Crippen molar-refractivity contribution in [1.29, 1.82) is 0 Å². The lowest BCUT2D eigenvalue weighted by atomic mass is 10.0. The quantitative estimate of drug-likeness (QED) is 0.855. The Morgan fingerprint density at radius 3 is 2.80 bits per heavy atom. The van der Waals surface area contributed by atoms with Crippen molar-refractivity contribution in [2.75, 3.05) is 6.54 Å². The second kappa shape index (κ2) is 5.97. The Bertz CT molecular complexity index is 828. The highest BCUT2D eigenvalue weighted by Crippen LogP contribution is 2.50. The highest BCUT2D eigenvalue weighted by Gasteiger charge is 2.48. The van der Waals surface area contributed by atoms with Crippen molar-refractivity contribution >= 4 is 5.91 Å². The van der Waals surface area contributed by atoms with E-state index >= 15 is 0 Å². The molecule has 132 valence electrons. The van der Waals surface area contributed by atoms with Crippen LogP contribution in [-0.2, 0) is 11.8 Å². The number of rotatable bonds is 3. The van der Waals surface area contributed by atoms with Gasteiger partial charge in [-0.3, -0.25) is 9.48 Å². The Labute approximate surface area is 147 Å². The van der Waals surface area contributed by atoms with Gasteiger partial charge in [-0.1, -0.05) is 12.1 Å². The van der Waals surface area contributed by atoms with Gasteiger partial charge >= 0.3 is 0 Å². The molecule has 3 unspecified atom stereocenters. The van der Waals surface area contributed by atoms with E-state index in [1.807, 2.05) is 29.6 Å².